The summed E-state index contributed by atoms with van der Waals surface area (Å²) in [4.78, 5) is 4.61. The van der Waals surface area contributed by atoms with Crippen LogP contribution in [0.4, 0.5) is 0 Å². The van der Waals surface area contributed by atoms with Crippen LogP contribution in [-0.2, 0) is 6.42 Å². The van der Waals surface area contributed by atoms with Gasteiger partial charge in [0.25, 0.3) is 0 Å². The van der Waals surface area contributed by atoms with Gasteiger partial charge in [-0.15, -0.1) is 0 Å². The summed E-state index contributed by atoms with van der Waals surface area (Å²) in [5, 5.41) is 5.30. The molecule has 3 rings (SSSR count). The van der Waals surface area contributed by atoms with Gasteiger partial charge in [0.15, 0.2) is 16.7 Å². The van der Waals surface area contributed by atoms with E-state index in [0.717, 1.165) is 55.9 Å². The number of hydrogen-bond acceptors (Lipinski definition) is 6. The number of nitrogens with zero attached hydrogens (tertiary/aromatic N) is 2. The summed E-state index contributed by atoms with van der Waals surface area (Å²) in [5.74, 6) is 3.03. The lowest BCUT2D eigenvalue weighted by Gasteiger charge is -2.15. The van der Waals surface area contributed by atoms with Gasteiger partial charge in [-0.2, -0.15) is 5.10 Å². The number of thioether (sulfide) groups is 1. The van der Waals surface area contributed by atoms with Gasteiger partial charge in [0.1, 0.15) is 5.75 Å². The smallest absolute Gasteiger partial charge is 0.177 e. The zero-order chi connectivity index (χ0) is 19.9. The van der Waals surface area contributed by atoms with E-state index in [4.69, 9.17) is 14.2 Å². The van der Waals surface area contributed by atoms with Gasteiger partial charge in [0, 0.05) is 12.3 Å². The Kier molecular flexibility index (Phi) is 7.22. The van der Waals surface area contributed by atoms with E-state index >= 15 is 0 Å². The number of nitrogens with one attached hydrogen (secondary N) is 1. The summed E-state index contributed by atoms with van der Waals surface area (Å²) in [7, 11) is 4.93. The predicted octanol–water partition coefficient (Wildman–Crippen LogP) is 4.11. The quantitative estimate of drug-likeness (QED) is 0.668. The number of benzene rings is 2. The largest absolute Gasteiger partial charge is 0.496 e. The van der Waals surface area contributed by atoms with Gasteiger partial charge in [-0.3, -0.25) is 10.4 Å². The summed E-state index contributed by atoms with van der Waals surface area (Å²) < 4.78 is 16.8. The highest BCUT2D eigenvalue weighted by molar-refractivity contribution is 9.10. The Morgan fingerprint density at radius 1 is 1.04 bits per heavy atom. The van der Waals surface area contributed by atoms with Crippen molar-refractivity contribution in [3.05, 3.63) is 52.0 Å². The van der Waals surface area contributed by atoms with Crippen LogP contribution >= 0.6 is 27.7 Å². The van der Waals surface area contributed by atoms with E-state index in [1.807, 2.05) is 36.4 Å². The number of halogens is 1. The molecule has 2 aromatic carbocycles. The molecule has 2 aromatic rings. The summed E-state index contributed by atoms with van der Waals surface area (Å²) in [6.45, 7) is 0.670. The van der Waals surface area contributed by atoms with Gasteiger partial charge in [0.2, 0.25) is 0 Å². The van der Waals surface area contributed by atoms with Crippen molar-refractivity contribution < 1.29 is 14.2 Å². The average molecular weight is 464 g/mol. The van der Waals surface area contributed by atoms with Crippen LogP contribution in [0.15, 0.2) is 51.0 Å². The minimum Gasteiger partial charge on any atom is -0.496 e. The maximum atomic E-state index is 5.34. The van der Waals surface area contributed by atoms with Gasteiger partial charge < -0.3 is 14.2 Å². The SMILES string of the molecule is COc1ccc(C2=NNC(=NCCc3ccc(OC)c(OC)c3)SC2)cc1Br. The fourth-order valence-electron chi connectivity index (χ4n) is 2.71. The van der Waals surface area contributed by atoms with Crippen LogP contribution < -0.4 is 19.6 Å². The zero-order valence-corrected chi connectivity index (χ0v) is 18.4. The Hall–Kier alpha value is -2.19. The molecule has 1 heterocycles. The highest BCUT2D eigenvalue weighted by Crippen LogP contribution is 2.28. The van der Waals surface area contributed by atoms with Crippen molar-refractivity contribution in [2.75, 3.05) is 33.6 Å². The molecule has 0 aliphatic carbocycles. The summed E-state index contributed by atoms with van der Waals surface area (Å²) in [6.07, 6.45) is 0.814. The third-order valence-corrected chi connectivity index (χ3v) is 5.75. The molecule has 6 nitrogen and oxygen atoms in total. The minimum atomic E-state index is 0.670. The standard InChI is InChI=1S/C20H22BrN3O3S/c1-25-17-7-5-14(11-15(17)21)16-12-28-20(24-23-16)22-9-8-13-4-6-18(26-2)19(10-13)27-3/h4-7,10-11H,8-9,12H2,1-3H3,(H,22,24). The molecule has 0 amide bonds. The van der Waals surface area contributed by atoms with Crippen LogP contribution in [0.5, 0.6) is 17.2 Å². The van der Waals surface area contributed by atoms with Gasteiger partial charge >= 0.3 is 0 Å². The summed E-state index contributed by atoms with van der Waals surface area (Å²) >= 11 is 5.16. The lowest BCUT2D eigenvalue weighted by molar-refractivity contribution is 0.354. The monoisotopic (exact) mass is 463 g/mol. The molecule has 1 aliphatic heterocycles. The molecule has 0 fully saturated rings. The molecule has 148 valence electrons. The topological polar surface area (TPSA) is 64.4 Å². The highest BCUT2D eigenvalue weighted by atomic mass is 79.9. The van der Waals surface area contributed by atoms with Crippen molar-refractivity contribution in [2.45, 2.75) is 6.42 Å². The lowest BCUT2D eigenvalue weighted by Crippen LogP contribution is -2.25. The van der Waals surface area contributed by atoms with Crippen molar-refractivity contribution in [1.29, 1.82) is 0 Å². The first-order valence-corrected chi connectivity index (χ1v) is 10.5. The number of methoxy groups -OCH3 is 3. The van der Waals surface area contributed by atoms with Crippen molar-refractivity contribution >= 4 is 38.6 Å². The fourth-order valence-corrected chi connectivity index (χ4v) is 4.05. The zero-order valence-electron chi connectivity index (χ0n) is 16.0. The number of ether oxygens (including phenoxy) is 3. The fraction of sp³-hybridized carbons (Fsp3) is 0.300. The van der Waals surface area contributed by atoms with Crippen molar-refractivity contribution in [1.82, 2.24) is 5.43 Å². The first-order chi connectivity index (χ1) is 13.6. The molecular weight excluding hydrogens is 442 g/mol. The van der Waals surface area contributed by atoms with Crippen LogP contribution in [0.3, 0.4) is 0 Å². The molecule has 0 radical (unpaired) electrons. The third kappa shape index (κ3) is 4.99. The lowest BCUT2D eigenvalue weighted by atomic mass is 10.1. The van der Waals surface area contributed by atoms with Gasteiger partial charge in [-0.05, 0) is 63.8 Å². The van der Waals surface area contributed by atoms with Gasteiger partial charge in [-0.1, -0.05) is 17.8 Å². The third-order valence-electron chi connectivity index (χ3n) is 4.22. The number of hydrazone groups is 1. The predicted molar refractivity (Wildman–Crippen MR) is 118 cm³/mol. The average Bonchev–Trinajstić information content (AvgIpc) is 2.74. The van der Waals surface area contributed by atoms with Crippen LogP contribution in [-0.4, -0.2) is 44.5 Å². The number of rotatable bonds is 7. The van der Waals surface area contributed by atoms with Gasteiger partial charge in [0.05, 0.1) is 31.5 Å². The van der Waals surface area contributed by atoms with E-state index in [0.29, 0.717) is 6.54 Å². The molecule has 0 saturated heterocycles. The Morgan fingerprint density at radius 3 is 2.43 bits per heavy atom. The van der Waals surface area contributed by atoms with E-state index in [1.54, 1.807) is 33.1 Å². The number of amidine groups is 1. The molecule has 0 aromatic heterocycles. The number of aliphatic imine (C=N–C) groups is 1. The van der Waals surface area contributed by atoms with E-state index in [2.05, 4.69) is 31.4 Å². The van der Waals surface area contributed by atoms with Crippen LogP contribution in [0.25, 0.3) is 0 Å². The molecule has 1 N–H and O–H groups in total. The van der Waals surface area contributed by atoms with Crippen LogP contribution in [0, 0.1) is 0 Å². The molecule has 1 aliphatic rings. The normalized spacial score (nSPS) is 15.0. The maximum Gasteiger partial charge on any atom is 0.177 e. The molecule has 0 saturated carbocycles. The first kappa shape index (κ1) is 20.5. The van der Waals surface area contributed by atoms with Crippen molar-refractivity contribution in [3.63, 3.8) is 0 Å². The van der Waals surface area contributed by atoms with E-state index in [1.165, 1.54) is 0 Å². The van der Waals surface area contributed by atoms with Crippen molar-refractivity contribution in [3.8, 4) is 17.2 Å². The summed E-state index contributed by atoms with van der Waals surface area (Å²) in [5.41, 5.74) is 6.23. The van der Waals surface area contributed by atoms with E-state index in [-0.39, 0.29) is 0 Å². The molecule has 0 unspecified atom stereocenters. The molecule has 0 atom stereocenters. The molecule has 8 heteroatoms. The van der Waals surface area contributed by atoms with Crippen LogP contribution in [0.2, 0.25) is 0 Å². The highest BCUT2D eigenvalue weighted by Gasteiger charge is 2.14. The molecular formula is C20H22BrN3O3S. The second kappa shape index (κ2) is 9.84. The van der Waals surface area contributed by atoms with E-state index < -0.39 is 0 Å². The van der Waals surface area contributed by atoms with Gasteiger partial charge in [-0.25, -0.2) is 0 Å². The minimum absolute atomic E-state index is 0.670. The molecule has 28 heavy (non-hydrogen) atoms. The van der Waals surface area contributed by atoms with Crippen molar-refractivity contribution in [2.24, 2.45) is 10.1 Å². The van der Waals surface area contributed by atoms with Crippen LogP contribution in [0.1, 0.15) is 11.1 Å². The summed E-state index contributed by atoms with van der Waals surface area (Å²) in [6, 6.07) is 11.9. The Labute approximate surface area is 177 Å². The molecule has 0 spiro atoms. The first-order valence-electron chi connectivity index (χ1n) is 8.69. The Morgan fingerprint density at radius 2 is 1.79 bits per heavy atom. The number of hydrogen-bond donors (Lipinski definition) is 1. The Balaban J connectivity index is 1.58. The maximum absolute atomic E-state index is 5.34. The molecule has 0 bridgehead atoms. The Bertz CT molecular complexity index is 902. The second-order valence-corrected chi connectivity index (χ2v) is 7.75. The second-order valence-electron chi connectivity index (χ2n) is 5.93. The van der Waals surface area contributed by atoms with E-state index in [9.17, 15) is 0 Å².